The second-order valence-corrected chi connectivity index (χ2v) is 5.05. The topological polar surface area (TPSA) is 20.3 Å². The number of hydrogen-bond donors (Lipinski definition) is 0. The third kappa shape index (κ3) is 3.15. The second-order valence-electron chi connectivity index (χ2n) is 4.65. The Hall–Kier alpha value is -1.49. The van der Waals surface area contributed by atoms with Gasteiger partial charge < -0.3 is 4.90 Å². The average molecular weight is 304 g/mol. The molecule has 1 aromatic carbocycles. The van der Waals surface area contributed by atoms with E-state index in [0.29, 0.717) is 16.3 Å². The minimum Gasteiger partial charge on any atom is -0.366 e. The number of nitrogens with zero attached hydrogens (tertiary/aromatic N) is 1. The molecule has 0 aromatic heterocycles. The fourth-order valence-electron chi connectivity index (χ4n) is 2.13. The van der Waals surface area contributed by atoms with Gasteiger partial charge in [-0.2, -0.15) is 13.2 Å². The van der Waals surface area contributed by atoms with Gasteiger partial charge in [0.15, 0.2) is 5.78 Å². The van der Waals surface area contributed by atoms with Crippen LogP contribution < -0.4 is 4.90 Å². The van der Waals surface area contributed by atoms with Crippen LogP contribution in [0.25, 0.3) is 0 Å². The largest absolute Gasteiger partial charge is 0.412 e. The van der Waals surface area contributed by atoms with Crippen LogP contribution in [0.3, 0.4) is 0 Å². The molecule has 20 heavy (non-hydrogen) atoms. The summed E-state index contributed by atoms with van der Waals surface area (Å²) >= 11 is 6.10. The van der Waals surface area contributed by atoms with Gasteiger partial charge in [-0.05, 0) is 31.5 Å². The van der Waals surface area contributed by atoms with E-state index in [1.807, 2.05) is 0 Å². The van der Waals surface area contributed by atoms with E-state index in [4.69, 9.17) is 11.6 Å². The van der Waals surface area contributed by atoms with Crippen molar-refractivity contribution in [2.75, 3.05) is 18.0 Å². The van der Waals surface area contributed by atoms with Gasteiger partial charge >= 0.3 is 6.18 Å². The molecule has 0 spiro atoms. The van der Waals surface area contributed by atoms with Crippen molar-refractivity contribution in [1.82, 2.24) is 0 Å². The van der Waals surface area contributed by atoms with Crippen LogP contribution in [-0.2, 0) is 0 Å². The van der Waals surface area contributed by atoms with Crippen LogP contribution in [-0.4, -0.2) is 25.0 Å². The van der Waals surface area contributed by atoms with Crippen LogP contribution >= 0.6 is 11.6 Å². The van der Waals surface area contributed by atoms with Gasteiger partial charge in [0.25, 0.3) is 0 Å². The highest BCUT2D eigenvalue weighted by molar-refractivity contribution is 6.33. The maximum atomic E-state index is 12.5. The monoisotopic (exact) mass is 303 g/mol. The fraction of sp³-hybridized carbons (Fsp3) is 0.357. The summed E-state index contributed by atoms with van der Waals surface area (Å²) in [4.78, 5) is 13.0. The van der Waals surface area contributed by atoms with Gasteiger partial charge in [0.05, 0.1) is 10.7 Å². The summed E-state index contributed by atoms with van der Waals surface area (Å²) in [5.41, 5.74) is 0.640. The zero-order valence-corrected chi connectivity index (χ0v) is 11.6. The predicted octanol–water partition coefficient (Wildman–Crippen LogP) is 4.24. The van der Waals surface area contributed by atoms with E-state index in [9.17, 15) is 18.0 Å². The first-order valence-electron chi connectivity index (χ1n) is 6.10. The molecule has 0 N–H and O–H groups in total. The van der Waals surface area contributed by atoms with Crippen LogP contribution in [0.15, 0.2) is 29.8 Å². The highest BCUT2D eigenvalue weighted by Crippen LogP contribution is 2.34. The SMILES string of the molecule is CC(=O)c1ccc(N2CC=C(C(F)(F)F)CC2)c(Cl)c1. The average Bonchev–Trinajstić information content (AvgIpc) is 2.37. The number of ketones is 1. The number of Topliss-reactive ketones (excluding diaryl/α,β-unsaturated/α-hetero) is 1. The van der Waals surface area contributed by atoms with E-state index in [0.717, 1.165) is 0 Å². The summed E-state index contributed by atoms with van der Waals surface area (Å²) in [5.74, 6) is -0.101. The van der Waals surface area contributed by atoms with Gasteiger partial charge in [-0.3, -0.25) is 4.79 Å². The van der Waals surface area contributed by atoms with Crippen molar-refractivity contribution in [3.63, 3.8) is 0 Å². The molecule has 0 aliphatic carbocycles. The Bertz CT molecular complexity index is 566. The van der Waals surface area contributed by atoms with Crippen LogP contribution in [0.4, 0.5) is 18.9 Å². The molecule has 1 aliphatic heterocycles. The Balaban J connectivity index is 2.19. The summed E-state index contributed by atoms with van der Waals surface area (Å²) in [6.45, 7) is 1.85. The second kappa shape index (κ2) is 5.48. The molecule has 0 saturated carbocycles. The molecule has 0 atom stereocenters. The molecule has 0 amide bonds. The maximum Gasteiger partial charge on any atom is 0.412 e. The van der Waals surface area contributed by atoms with E-state index in [1.54, 1.807) is 23.1 Å². The molecule has 6 heteroatoms. The Morgan fingerprint density at radius 3 is 2.50 bits per heavy atom. The van der Waals surface area contributed by atoms with Crippen molar-refractivity contribution in [2.24, 2.45) is 0 Å². The van der Waals surface area contributed by atoms with E-state index in [-0.39, 0.29) is 25.3 Å². The van der Waals surface area contributed by atoms with Gasteiger partial charge in [-0.1, -0.05) is 17.7 Å². The van der Waals surface area contributed by atoms with E-state index >= 15 is 0 Å². The lowest BCUT2D eigenvalue weighted by Gasteiger charge is -2.29. The minimum absolute atomic E-state index is 0.0612. The Morgan fingerprint density at radius 1 is 1.35 bits per heavy atom. The molecule has 2 nitrogen and oxygen atoms in total. The maximum absolute atomic E-state index is 12.5. The van der Waals surface area contributed by atoms with Gasteiger partial charge in [0.2, 0.25) is 0 Å². The number of benzene rings is 1. The number of alkyl halides is 3. The quantitative estimate of drug-likeness (QED) is 0.601. The zero-order chi connectivity index (χ0) is 14.9. The molecule has 1 heterocycles. The smallest absolute Gasteiger partial charge is 0.366 e. The molecule has 2 rings (SSSR count). The lowest BCUT2D eigenvalue weighted by atomic mass is 10.1. The third-order valence-corrected chi connectivity index (χ3v) is 3.57. The molecule has 0 saturated heterocycles. The summed E-state index contributed by atoms with van der Waals surface area (Å²) < 4.78 is 37.6. The van der Waals surface area contributed by atoms with E-state index < -0.39 is 11.7 Å². The minimum atomic E-state index is -4.26. The molecule has 0 radical (unpaired) electrons. The first-order chi connectivity index (χ1) is 9.29. The van der Waals surface area contributed by atoms with Crippen molar-refractivity contribution >= 4 is 23.1 Å². The molecule has 0 fully saturated rings. The Morgan fingerprint density at radius 2 is 2.05 bits per heavy atom. The fourth-order valence-corrected chi connectivity index (χ4v) is 2.43. The lowest BCUT2D eigenvalue weighted by Crippen LogP contribution is -2.32. The van der Waals surface area contributed by atoms with Crippen molar-refractivity contribution in [2.45, 2.75) is 19.5 Å². The zero-order valence-electron chi connectivity index (χ0n) is 10.8. The van der Waals surface area contributed by atoms with Gasteiger partial charge in [-0.25, -0.2) is 0 Å². The Labute approximate surface area is 119 Å². The molecule has 1 aromatic rings. The van der Waals surface area contributed by atoms with Crippen molar-refractivity contribution < 1.29 is 18.0 Å². The number of hydrogen-bond acceptors (Lipinski definition) is 2. The van der Waals surface area contributed by atoms with E-state index in [2.05, 4.69) is 0 Å². The first kappa shape index (κ1) is 14.9. The first-order valence-corrected chi connectivity index (χ1v) is 6.48. The molecular weight excluding hydrogens is 291 g/mol. The predicted molar refractivity (Wildman–Crippen MR) is 72.4 cm³/mol. The number of halogens is 4. The van der Waals surface area contributed by atoms with Gasteiger partial charge in [0, 0.05) is 24.2 Å². The number of carbonyl (C=O) groups is 1. The van der Waals surface area contributed by atoms with Crippen LogP contribution in [0.5, 0.6) is 0 Å². The van der Waals surface area contributed by atoms with Crippen molar-refractivity contribution in [1.29, 1.82) is 0 Å². The number of anilines is 1. The number of carbonyl (C=O) groups excluding carboxylic acids is 1. The number of rotatable bonds is 2. The highest BCUT2D eigenvalue weighted by Gasteiger charge is 2.34. The van der Waals surface area contributed by atoms with Crippen molar-refractivity contribution in [3.05, 3.63) is 40.4 Å². The third-order valence-electron chi connectivity index (χ3n) is 3.27. The Kier molecular flexibility index (Phi) is 4.09. The molecule has 1 aliphatic rings. The summed E-state index contributed by atoms with van der Waals surface area (Å²) in [7, 11) is 0. The normalized spacial score (nSPS) is 16.1. The van der Waals surface area contributed by atoms with Gasteiger partial charge in [-0.15, -0.1) is 0 Å². The summed E-state index contributed by atoms with van der Waals surface area (Å²) in [5, 5.41) is 0.376. The summed E-state index contributed by atoms with van der Waals surface area (Å²) in [6, 6.07) is 4.85. The van der Waals surface area contributed by atoms with E-state index in [1.165, 1.54) is 13.0 Å². The molecular formula is C14H13ClF3NO. The lowest BCUT2D eigenvalue weighted by molar-refractivity contribution is -0.0944. The molecule has 108 valence electrons. The van der Waals surface area contributed by atoms with Crippen LogP contribution in [0, 0.1) is 0 Å². The molecule has 0 bridgehead atoms. The summed E-state index contributed by atoms with van der Waals surface area (Å²) in [6.07, 6.45) is -3.14. The molecule has 0 unspecified atom stereocenters. The highest BCUT2D eigenvalue weighted by atomic mass is 35.5. The van der Waals surface area contributed by atoms with Crippen LogP contribution in [0.1, 0.15) is 23.7 Å². The van der Waals surface area contributed by atoms with Crippen LogP contribution in [0.2, 0.25) is 5.02 Å². The van der Waals surface area contributed by atoms with Crippen molar-refractivity contribution in [3.8, 4) is 0 Å². The standard InChI is InChI=1S/C14H13ClF3NO/c1-9(20)10-2-3-13(12(15)8-10)19-6-4-11(5-7-19)14(16,17)18/h2-4,8H,5-7H2,1H3. The van der Waals surface area contributed by atoms with Gasteiger partial charge in [0.1, 0.15) is 0 Å².